The zero-order valence-corrected chi connectivity index (χ0v) is 33.1. The Morgan fingerprint density at radius 2 is 1.02 bits per heavy atom. The number of rotatable bonds is 35. The maximum atomic E-state index is 12.7. The number of ether oxygens (including phenoxy) is 4. The summed E-state index contributed by atoms with van der Waals surface area (Å²) in [5.41, 5.74) is 0. The zero-order valence-electron chi connectivity index (χ0n) is 33.1. The smallest absolute Gasteiger partial charge is 0.306 e. The number of carbonyl (C=O) groups is 2. The molecule has 6 atom stereocenters. The molecule has 0 amide bonds. The molecule has 0 spiro atoms. The van der Waals surface area contributed by atoms with Gasteiger partial charge >= 0.3 is 11.9 Å². The lowest BCUT2D eigenvalue weighted by Crippen LogP contribution is -2.59. The van der Waals surface area contributed by atoms with Gasteiger partial charge in [-0.1, -0.05) is 148 Å². The van der Waals surface area contributed by atoms with Crippen LogP contribution < -0.4 is 0 Å². The van der Waals surface area contributed by atoms with Crippen molar-refractivity contribution >= 4 is 11.9 Å². The first kappa shape index (κ1) is 48.5. The summed E-state index contributed by atoms with van der Waals surface area (Å²) in [6.45, 7) is 3.40. The molecule has 0 aliphatic carbocycles. The van der Waals surface area contributed by atoms with Crippen molar-refractivity contribution in [2.45, 2.75) is 224 Å². The van der Waals surface area contributed by atoms with Crippen molar-refractivity contribution in [2.24, 2.45) is 0 Å². The minimum Gasteiger partial charge on any atom is -0.462 e. The number of aliphatic hydroxyl groups excluding tert-OH is 4. The van der Waals surface area contributed by atoms with E-state index in [1.807, 2.05) is 0 Å². The second-order valence-corrected chi connectivity index (χ2v) is 14.8. The Labute approximate surface area is 316 Å². The third-order valence-electron chi connectivity index (χ3n) is 9.90. The summed E-state index contributed by atoms with van der Waals surface area (Å²) >= 11 is 0. The summed E-state index contributed by atoms with van der Waals surface area (Å²) in [5.74, 6) is -0.805. The summed E-state index contributed by atoms with van der Waals surface area (Å²) in [5, 5.41) is 40.0. The number of hydrogen-bond donors (Lipinski definition) is 4. The molecule has 1 fully saturated rings. The van der Waals surface area contributed by atoms with Crippen molar-refractivity contribution in [3.05, 3.63) is 12.2 Å². The van der Waals surface area contributed by atoms with Crippen molar-refractivity contribution < 1.29 is 49.0 Å². The second kappa shape index (κ2) is 34.0. The molecule has 10 nitrogen and oxygen atoms in total. The van der Waals surface area contributed by atoms with Gasteiger partial charge in [-0.25, -0.2) is 0 Å². The fourth-order valence-corrected chi connectivity index (χ4v) is 6.48. The maximum Gasteiger partial charge on any atom is 0.306 e. The highest BCUT2D eigenvalue weighted by atomic mass is 16.7. The Morgan fingerprint density at radius 1 is 0.577 bits per heavy atom. The van der Waals surface area contributed by atoms with E-state index in [4.69, 9.17) is 18.9 Å². The number of aliphatic hydroxyl groups is 4. The summed E-state index contributed by atoms with van der Waals surface area (Å²) in [4.78, 5) is 25.2. The molecular formula is C42H78O10. The molecule has 52 heavy (non-hydrogen) atoms. The van der Waals surface area contributed by atoms with Gasteiger partial charge in [0.2, 0.25) is 0 Å². The minimum atomic E-state index is -1.59. The molecule has 0 saturated carbocycles. The summed E-state index contributed by atoms with van der Waals surface area (Å²) < 4.78 is 22.1. The number of allylic oxidation sites excluding steroid dienone is 2. The molecule has 306 valence electrons. The van der Waals surface area contributed by atoms with Gasteiger partial charge in [0.1, 0.15) is 31.0 Å². The second-order valence-electron chi connectivity index (χ2n) is 14.8. The van der Waals surface area contributed by atoms with Gasteiger partial charge < -0.3 is 39.4 Å². The third-order valence-corrected chi connectivity index (χ3v) is 9.90. The number of carbonyl (C=O) groups excluding carboxylic acids is 2. The number of hydrogen-bond acceptors (Lipinski definition) is 10. The van der Waals surface area contributed by atoms with Crippen LogP contribution in [-0.4, -0.2) is 89.0 Å². The average Bonchev–Trinajstić information content (AvgIpc) is 3.14. The topological polar surface area (TPSA) is 152 Å². The Morgan fingerprint density at radius 3 is 1.52 bits per heavy atom. The Balaban J connectivity index is 2.35. The molecule has 1 aliphatic rings. The monoisotopic (exact) mass is 743 g/mol. The molecule has 2 unspecified atom stereocenters. The van der Waals surface area contributed by atoms with Gasteiger partial charge in [-0.05, 0) is 38.5 Å². The van der Waals surface area contributed by atoms with E-state index in [1.165, 1.54) is 103 Å². The Hall–Kier alpha value is -1.56. The van der Waals surface area contributed by atoms with Gasteiger partial charge in [-0.3, -0.25) is 9.59 Å². The molecule has 1 saturated heterocycles. The number of unbranched alkanes of at least 4 members (excludes halogenated alkanes) is 22. The molecule has 1 aliphatic heterocycles. The summed E-state index contributed by atoms with van der Waals surface area (Å²) in [7, 11) is 0. The van der Waals surface area contributed by atoms with Crippen molar-refractivity contribution in [1.29, 1.82) is 0 Å². The van der Waals surface area contributed by atoms with Crippen LogP contribution >= 0.6 is 0 Å². The largest absolute Gasteiger partial charge is 0.462 e. The standard InChI is InChI=1S/C42H78O10/c1-3-5-7-9-11-13-15-17-18-19-21-22-24-26-28-30-37(44)49-33-35(34-50-42-41(48)40(47)39(46)36(32-43)52-42)51-38(45)31-29-27-25-23-20-16-14-12-10-8-6-4-2/h13,15,35-36,39-43,46-48H,3-12,14,16-34H2,1-2H3/b15-13+/t35-,36-,39+,40?,41?,42-/m0/s1. The van der Waals surface area contributed by atoms with Crippen molar-refractivity contribution in [1.82, 2.24) is 0 Å². The van der Waals surface area contributed by atoms with Crippen molar-refractivity contribution in [2.75, 3.05) is 19.8 Å². The highest BCUT2D eigenvalue weighted by molar-refractivity contribution is 5.70. The van der Waals surface area contributed by atoms with Gasteiger partial charge in [0, 0.05) is 12.8 Å². The first-order chi connectivity index (χ1) is 25.3. The van der Waals surface area contributed by atoms with Gasteiger partial charge in [-0.15, -0.1) is 0 Å². The highest BCUT2D eigenvalue weighted by Crippen LogP contribution is 2.22. The Bertz CT molecular complexity index is 866. The predicted octanol–water partition coefficient (Wildman–Crippen LogP) is 8.39. The van der Waals surface area contributed by atoms with E-state index in [2.05, 4.69) is 26.0 Å². The van der Waals surface area contributed by atoms with Crippen LogP contribution in [0.25, 0.3) is 0 Å². The maximum absolute atomic E-state index is 12.7. The van der Waals surface area contributed by atoms with Crippen LogP contribution in [0.5, 0.6) is 0 Å². The minimum absolute atomic E-state index is 0.215. The molecule has 10 heteroatoms. The van der Waals surface area contributed by atoms with Gasteiger partial charge in [0.25, 0.3) is 0 Å². The molecule has 0 aromatic heterocycles. The summed E-state index contributed by atoms with van der Waals surface area (Å²) in [6, 6.07) is 0. The first-order valence-corrected chi connectivity index (χ1v) is 21.3. The van der Waals surface area contributed by atoms with Crippen LogP contribution in [0.3, 0.4) is 0 Å². The molecule has 0 bridgehead atoms. The van der Waals surface area contributed by atoms with Gasteiger partial charge in [0.05, 0.1) is 13.2 Å². The molecule has 0 aromatic carbocycles. The van der Waals surface area contributed by atoms with E-state index < -0.39 is 49.4 Å². The lowest BCUT2D eigenvalue weighted by molar-refractivity contribution is -0.305. The fraction of sp³-hybridized carbons (Fsp3) is 0.905. The van der Waals surface area contributed by atoms with Crippen molar-refractivity contribution in [3.63, 3.8) is 0 Å². The zero-order chi connectivity index (χ0) is 38.1. The van der Waals surface area contributed by atoms with E-state index >= 15 is 0 Å². The third kappa shape index (κ3) is 25.5. The highest BCUT2D eigenvalue weighted by Gasteiger charge is 2.44. The predicted molar refractivity (Wildman–Crippen MR) is 206 cm³/mol. The van der Waals surface area contributed by atoms with E-state index in [0.717, 1.165) is 51.4 Å². The van der Waals surface area contributed by atoms with Gasteiger partial charge in [-0.2, -0.15) is 0 Å². The van der Waals surface area contributed by atoms with E-state index in [0.29, 0.717) is 6.42 Å². The number of esters is 2. The van der Waals surface area contributed by atoms with E-state index in [-0.39, 0.29) is 32.0 Å². The summed E-state index contributed by atoms with van der Waals surface area (Å²) in [6.07, 6.45) is 26.4. The molecule has 4 N–H and O–H groups in total. The molecule has 0 radical (unpaired) electrons. The molecule has 0 aromatic rings. The van der Waals surface area contributed by atoms with Crippen LogP contribution in [0.2, 0.25) is 0 Å². The SMILES string of the molecule is CCCCCC/C=C/CCCCCCCCCC(=O)OC[C@@H](CO[C@H]1O[C@@H](CO)[C@@H](O)C(O)C1O)OC(=O)CCCCCCCCCCCCCC. The van der Waals surface area contributed by atoms with Crippen molar-refractivity contribution in [3.8, 4) is 0 Å². The Kier molecular flexibility index (Phi) is 31.7. The lowest BCUT2D eigenvalue weighted by Gasteiger charge is -2.39. The quantitative estimate of drug-likeness (QED) is 0.0283. The fourth-order valence-electron chi connectivity index (χ4n) is 6.48. The van der Waals surface area contributed by atoms with Crippen LogP contribution in [-0.2, 0) is 28.5 Å². The normalized spacial score (nSPS) is 21.1. The van der Waals surface area contributed by atoms with Gasteiger partial charge in [0.15, 0.2) is 12.4 Å². The lowest BCUT2D eigenvalue weighted by atomic mass is 9.99. The van der Waals surface area contributed by atoms with Crippen LogP contribution in [0.4, 0.5) is 0 Å². The average molecular weight is 743 g/mol. The first-order valence-electron chi connectivity index (χ1n) is 21.3. The van der Waals surface area contributed by atoms with E-state index in [9.17, 15) is 30.0 Å². The van der Waals surface area contributed by atoms with Crippen LogP contribution in [0, 0.1) is 0 Å². The molecule has 1 rings (SSSR count). The molecular weight excluding hydrogens is 664 g/mol. The molecule has 1 heterocycles. The van der Waals surface area contributed by atoms with Crippen LogP contribution in [0.15, 0.2) is 12.2 Å². The van der Waals surface area contributed by atoms with E-state index in [1.54, 1.807) is 0 Å². The van der Waals surface area contributed by atoms with Crippen LogP contribution in [0.1, 0.15) is 187 Å².